The van der Waals surface area contributed by atoms with Gasteiger partial charge in [0.25, 0.3) is 5.01 Å². The molecule has 5 heteroatoms. The third-order valence-corrected chi connectivity index (χ3v) is 4.65. The fourth-order valence-electron chi connectivity index (χ4n) is 2.38. The Bertz CT molecular complexity index is 868. The molecule has 0 unspecified atom stereocenters. The van der Waals surface area contributed by atoms with Gasteiger partial charge in [-0.15, -0.1) is 0 Å². The first kappa shape index (κ1) is 14.4. The molecule has 0 aliphatic carbocycles. The second-order valence-corrected chi connectivity index (χ2v) is 5.92. The van der Waals surface area contributed by atoms with Crippen molar-refractivity contribution in [3.05, 3.63) is 47.0 Å². The van der Waals surface area contributed by atoms with E-state index in [1.54, 1.807) is 23.5 Å². The average Bonchev–Trinajstić information content (AvgIpc) is 2.89. The first-order chi connectivity index (χ1) is 10.6. The topological polar surface area (TPSA) is 64.6 Å². The van der Waals surface area contributed by atoms with Crippen molar-refractivity contribution in [1.82, 2.24) is 0 Å². The highest BCUT2D eigenvalue weighted by Gasteiger charge is 2.16. The number of benzene rings is 2. The number of thiazole rings is 1. The second-order valence-electron chi connectivity index (χ2n) is 4.86. The summed E-state index contributed by atoms with van der Waals surface area (Å²) in [6.07, 6.45) is 3.63. The Hall–Kier alpha value is -2.53. The number of nitrogens with zero attached hydrogens (tertiary/aromatic N) is 1. The molecule has 3 rings (SSSR count). The molecule has 1 aromatic heterocycles. The molecule has 0 fully saturated rings. The zero-order chi connectivity index (χ0) is 15.7. The number of hydrogen-bond donors (Lipinski definition) is 3. The van der Waals surface area contributed by atoms with Crippen molar-refractivity contribution < 1.29 is 19.9 Å². The van der Waals surface area contributed by atoms with E-state index < -0.39 is 5.75 Å². The van der Waals surface area contributed by atoms with Crippen molar-refractivity contribution >= 4 is 33.7 Å². The molecule has 0 aliphatic heterocycles. The number of phenols is 3. The summed E-state index contributed by atoms with van der Waals surface area (Å²) in [5.41, 5.74) is 1.63. The van der Waals surface area contributed by atoms with Crippen LogP contribution in [-0.2, 0) is 6.54 Å². The zero-order valence-corrected chi connectivity index (χ0v) is 12.8. The van der Waals surface area contributed by atoms with E-state index in [9.17, 15) is 15.3 Å². The summed E-state index contributed by atoms with van der Waals surface area (Å²) in [6, 6.07) is 11.1. The third-order valence-electron chi connectivity index (χ3n) is 3.52. The highest BCUT2D eigenvalue weighted by molar-refractivity contribution is 7.18. The van der Waals surface area contributed by atoms with Crippen LogP contribution in [0.15, 0.2) is 36.4 Å². The average molecular weight is 314 g/mol. The van der Waals surface area contributed by atoms with E-state index in [4.69, 9.17) is 0 Å². The van der Waals surface area contributed by atoms with Crippen LogP contribution >= 0.6 is 11.3 Å². The normalized spacial score (nSPS) is 11.5. The predicted octanol–water partition coefficient (Wildman–Crippen LogP) is 3.50. The van der Waals surface area contributed by atoms with Crippen molar-refractivity contribution in [1.29, 1.82) is 0 Å². The van der Waals surface area contributed by atoms with Gasteiger partial charge < -0.3 is 15.3 Å². The first-order valence-electron chi connectivity index (χ1n) is 6.95. The maximum absolute atomic E-state index is 9.86. The van der Waals surface area contributed by atoms with E-state index in [-0.39, 0.29) is 11.5 Å². The predicted molar refractivity (Wildman–Crippen MR) is 88.1 cm³/mol. The maximum Gasteiger partial charge on any atom is 0.262 e. The summed E-state index contributed by atoms with van der Waals surface area (Å²) in [5.74, 6) is -1.15. The molecule has 0 radical (unpaired) electrons. The van der Waals surface area contributed by atoms with E-state index >= 15 is 0 Å². The summed E-state index contributed by atoms with van der Waals surface area (Å²) in [6.45, 7) is 2.93. The SMILES string of the molecule is CC[n+]1c(C=Cc2ccc(O)c(O)c2O)sc2ccccc21. The Kier molecular flexibility index (Phi) is 3.73. The van der Waals surface area contributed by atoms with E-state index in [1.165, 1.54) is 16.3 Å². The van der Waals surface area contributed by atoms with E-state index in [0.717, 1.165) is 11.6 Å². The third kappa shape index (κ3) is 2.40. The maximum atomic E-state index is 9.86. The Labute approximate surface area is 131 Å². The molecule has 112 valence electrons. The Morgan fingerprint density at radius 2 is 1.77 bits per heavy atom. The van der Waals surface area contributed by atoms with Crippen LogP contribution in [0.25, 0.3) is 22.4 Å². The lowest BCUT2D eigenvalue weighted by Crippen LogP contribution is -2.33. The standard InChI is InChI=1S/C17H15NO3S/c1-2-18-12-5-3-4-6-14(12)22-15(18)10-8-11-7-9-13(19)17(21)16(11)20/h3-10H,2H2,1H3,(H2,19,20,21)/p+1. The summed E-state index contributed by atoms with van der Waals surface area (Å²) in [7, 11) is 0. The quantitative estimate of drug-likeness (QED) is 0.512. The number of aryl methyl sites for hydroxylation is 1. The first-order valence-corrected chi connectivity index (χ1v) is 7.76. The lowest BCUT2D eigenvalue weighted by molar-refractivity contribution is -0.665. The molecule has 0 spiro atoms. The number of hydrogen-bond acceptors (Lipinski definition) is 4. The van der Waals surface area contributed by atoms with Crippen LogP contribution in [0, 0.1) is 0 Å². The minimum Gasteiger partial charge on any atom is -0.504 e. The largest absolute Gasteiger partial charge is 0.504 e. The molecule has 0 bridgehead atoms. The minimum absolute atomic E-state index is 0.319. The minimum atomic E-state index is -0.498. The lowest BCUT2D eigenvalue weighted by atomic mass is 10.1. The van der Waals surface area contributed by atoms with Gasteiger partial charge in [0.15, 0.2) is 11.5 Å². The number of aromatic hydroxyl groups is 3. The smallest absolute Gasteiger partial charge is 0.262 e. The van der Waals surface area contributed by atoms with Gasteiger partial charge in [0.05, 0.1) is 0 Å². The number of fused-ring (bicyclic) bond motifs is 1. The number of rotatable bonds is 3. The second kappa shape index (κ2) is 5.69. The summed E-state index contributed by atoms with van der Waals surface area (Å²) in [5, 5.41) is 29.8. The van der Waals surface area contributed by atoms with Gasteiger partial charge in [0, 0.05) is 17.7 Å². The van der Waals surface area contributed by atoms with E-state index in [2.05, 4.69) is 23.6 Å². The van der Waals surface area contributed by atoms with Crippen molar-refractivity contribution in [2.24, 2.45) is 0 Å². The van der Waals surface area contributed by atoms with Crippen LogP contribution in [0.2, 0.25) is 0 Å². The van der Waals surface area contributed by atoms with Crippen molar-refractivity contribution in [2.75, 3.05) is 0 Å². The number of phenolic OH excluding ortho intramolecular Hbond substituents is 3. The van der Waals surface area contributed by atoms with Crippen LogP contribution < -0.4 is 4.57 Å². The van der Waals surface area contributed by atoms with Gasteiger partial charge in [0.1, 0.15) is 11.2 Å². The van der Waals surface area contributed by atoms with Gasteiger partial charge in [-0.2, -0.15) is 4.57 Å². The molecule has 1 heterocycles. The van der Waals surface area contributed by atoms with Gasteiger partial charge in [0.2, 0.25) is 11.3 Å². The molecule has 0 aliphatic rings. The molecule has 4 nitrogen and oxygen atoms in total. The zero-order valence-electron chi connectivity index (χ0n) is 12.0. The fourth-order valence-corrected chi connectivity index (χ4v) is 3.51. The van der Waals surface area contributed by atoms with Crippen LogP contribution in [-0.4, -0.2) is 15.3 Å². The van der Waals surface area contributed by atoms with Crippen molar-refractivity contribution in [2.45, 2.75) is 13.5 Å². The van der Waals surface area contributed by atoms with Crippen LogP contribution in [0.5, 0.6) is 17.2 Å². The monoisotopic (exact) mass is 314 g/mol. The van der Waals surface area contributed by atoms with Crippen LogP contribution in [0.3, 0.4) is 0 Å². The molecule has 0 amide bonds. The fraction of sp³-hybridized carbons (Fsp3) is 0.118. The van der Waals surface area contributed by atoms with Crippen molar-refractivity contribution in [3.63, 3.8) is 0 Å². The number of para-hydroxylation sites is 1. The van der Waals surface area contributed by atoms with Gasteiger partial charge in [-0.05, 0) is 31.2 Å². The Balaban J connectivity index is 2.05. The van der Waals surface area contributed by atoms with E-state index in [0.29, 0.717) is 5.56 Å². The molecule has 3 aromatic rings. The molecule has 2 aromatic carbocycles. The molecule has 22 heavy (non-hydrogen) atoms. The van der Waals surface area contributed by atoms with Gasteiger partial charge in [-0.3, -0.25) is 0 Å². The molecule has 0 saturated heterocycles. The van der Waals surface area contributed by atoms with Crippen LogP contribution in [0.4, 0.5) is 0 Å². The number of aromatic nitrogens is 1. The summed E-state index contributed by atoms with van der Waals surface area (Å²) < 4.78 is 3.38. The van der Waals surface area contributed by atoms with E-state index in [1.807, 2.05) is 18.2 Å². The molecule has 0 saturated carbocycles. The summed E-state index contributed by atoms with van der Waals surface area (Å²) >= 11 is 1.66. The highest BCUT2D eigenvalue weighted by Crippen LogP contribution is 2.37. The molecule has 0 atom stereocenters. The Morgan fingerprint density at radius 1 is 1.00 bits per heavy atom. The molecular weight excluding hydrogens is 298 g/mol. The Morgan fingerprint density at radius 3 is 2.55 bits per heavy atom. The van der Waals surface area contributed by atoms with Gasteiger partial charge in [-0.1, -0.05) is 23.5 Å². The highest BCUT2D eigenvalue weighted by atomic mass is 32.1. The van der Waals surface area contributed by atoms with Crippen molar-refractivity contribution in [3.8, 4) is 17.2 Å². The lowest BCUT2D eigenvalue weighted by Gasteiger charge is -2.03. The molecule has 3 N–H and O–H groups in total. The van der Waals surface area contributed by atoms with Gasteiger partial charge in [-0.25, -0.2) is 0 Å². The van der Waals surface area contributed by atoms with Gasteiger partial charge >= 0.3 is 0 Å². The van der Waals surface area contributed by atoms with Crippen LogP contribution in [0.1, 0.15) is 17.5 Å². The molecular formula is C17H16NO3S+. The summed E-state index contributed by atoms with van der Waals surface area (Å²) in [4.78, 5) is 0.